The van der Waals surface area contributed by atoms with Crippen molar-refractivity contribution in [1.82, 2.24) is 0 Å². The van der Waals surface area contributed by atoms with Crippen molar-refractivity contribution in [2.24, 2.45) is 0 Å². The van der Waals surface area contributed by atoms with E-state index >= 15 is 0 Å². The lowest BCUT2D eigenvalue weighted by molar-refractivity contribution is 0.475. The van der Waals surface area contributed by atoms with Gasteiger partial charge in [0.2, 0.25) is 0 Å². The summed E-state index contributed by atoms with van der Waals surface area (Å²) in [5.74, 6) is 0.224. The Morgan fingerprint density at radius 1 is 0.824 bits per heavy atom. The normalized spacial score (nSPS) is 9.35. The first-order valence-corrected chi connectivity index (χ1v) is 5.71. The fraction of sp³-hybridized carbons (Fsp3) is 0. The summed E-state index contributed by atoms with van der Waals surface area (Å²) in [4.78, 5) is 0. The summed E-state index contributed by atoms with van der Waals surface area (Å²) < 4.78 is 0. The minimum Gasteiger partial charge on any atom is -0.508 e. The van der Waals surface area contributed by atoms with Gasteiger partial charge in [-0.2, -0.15) is 0 Å². The van der Waals surface area contributed by atoms with Crippen molar-refractivity contribution in [2.45, 2.75) is 0 Å². The quantitative estimate of drug-likeness (QED) is 0.688. The SMILES string of the molecule is Oc1cc(Cl)cc(Cl)c1Cl.Oc1ccccc1. The van der Waals surface area contributed by atoms with Crippen LogP contribution in [0, 0.1) is 0 Å². The molecule has 0 aliphatic heterocycles. The van der Waals surface area contributed by atoms with Crippen LogP contribution < -0.4 is 0 Å². The van der Waals surface area contributed by atoms with Crippen LogP contribution in [0.25, 0.3) is 0 Å². The standard InChI is InChI=1S/C6H3Cl3O.C6H6O/c7-3-1-4(8)6(9)5(10)2-3;7-6-4-2-1-3-5-6/h1-2,10H;1-5,7H. The molecule has 90 valence electrons. The first-order valence-electron chi connectivity index (χ1n) is 4.58. The van der Waals surface area contributed by atoms with Gasteiger partial charge in [-0.25, -0.2) is 0 Å². The van der Waals surface area contributed by atoms with Crippen LogP contribution in [0.5, 0.6) is 11.5 Å². The van der Waals surface area contributed by atoms with E-state index in [0.29, 0.717) is 10.8 Å². The molecule has 0 radical (unpaired) electrons. The molecule has 2 aromatic carbocycles. The van der Waals surface area contributed by atoms with Crippen molar-refractivity contribution >= 4 is 34.8 Å². The molecular weight excluding hydrogens is 282 g/mol. The second kappa shape index (κ2) is 6.60. The van der Waals surface area contributed by atoms with E-state index in [1.807, 2.05) is 6.07 Å². The van der Waals surface area contributed by atoms with Crippen molar-refractivity contribution in [2.75, 3.05) is 0 Å². The maximum atomic E-state index is 8.98. The van der Waals surface area contributed by atoms with Crippen molar-refractivity contribution < 1.29 is 10.2 Å². The number of rotatable bonds is 0. The smallest absolute Gasteiger partial charge is 0.137 e. The number of phenolic OH excluding ortho intramolecular Hbond substituents is 2. The zero-order chi connectivity index (χ0) is 12.8. The molecule has 2 nitrogen and oxygen atoms in total. The third kappa shape index (κ3) is 4.73. The van der Waals surface area contributed by atoms with Crippen LogP contribution in [0.1, 0.15) is 0 Å². The summed E-state index contributed by atoms with van der Waals surface area (Å²) in [5, 5.41) is 18.4. The number of halogens is 3. The fourth-order valence-corrected chi connectivity index (χ4v) is 1.56. The molecule has 0 saturated carbocycles. The molecule has 5 heteroatoms. The first-order chi connectivity index (χ1) is 8.00. The van der Waals surface area contributed by atoms with Gasteiger partial charge in [-0.1, -0.05) is 53.0 Å². The Bertz CT molecular complexity index is 463. The lowest BCUT2D eigenvalue weighted by atomic mass is 10.3. The second-order valence-electron chi connectivity index (χ2n) is 3.06. The summed E-state index contributed by atoms with van der Waals surface area (Å²) in [6.07, 6.45) is 0. The average molecular weight is 292 g/mol. The number of benzene rings is 2. The molecule has 0 aliphatic rings. The van der Waals surface area contributed by atoms with Gasteiger partial charge in [-0.3, -0.25) is 0 Å². The van der Waals surface area contributed by atoms with Gasteiger partial charge in [-0.15, -0.1) is 0 Å². The molecule has 0 heterocycles. The Morgan fingerprint density at radius 3 is 1.82 bits per heavy atom. The van der Waals surface area contributed by atoms with E-state index < -0.39 is 0 Å². The lowest BCUT2D eigenvalue weighted by Gasteiger charge is -1.98. The van der Waals surface area contributed by atoms with Crippen LogP contribution in [0.3, 0.4) is 0 Å². The van der Waals surface area contributed by atoms with Crippen LogP contribution >= 0.6 is 34.8 Å². The number of phenols is 2. The Morgan fingerprint density at radius 2 is 1.41 bits per heavy atom. The van der Waals surface area contributed by atoms with Gasteiger partial charge in [0.1, 0.15) is 16.5 Å². The summed E-state index contributed by atoms with van der Waals surface area (Å²) >= 11 is 16.6. The lowest BCUT2D eigenvalue weighted by Crippen LogP contribution is -1.70. The highest BCUT2D eigenvalue weighted by Crippen LogP contribution is 2.33. The molecule has 17 heavy (non-hydrogen) atoms. The van der Waals surface area contributed by atoms with Crippen molar-refractivity contribution in [3.8, 4) is 11.5 Å². The zero-order valence-electron chi connectivity index (χ0n) is 8.57. The number of hydrogen-bond donors (Lipinski definition) is 2. The molecule has 0 aliphatic carbocycles. The molecule has 0 unspecified atom stereocenters. The minimum absolute atomic E-state index is 0.0980. The van der Waals surface area contributed by atoms with Crippen molar-refractivity contribution in [3.05, 3.63) is 57.5 Å². The van der Waals surface area contributed by atoms with E-state index in [0.717, 1.165) is 0 Å². The highest BCUT2D eigenvalue weighted by Gasteiger charge is 2.03. The zero-order valence-corrected chi connectivity index (χ0v) is 10.8. The van der Waals surface area contributed by atoms with Crippen molar-refractivity contribution in [3.63, 3.8) is 0 Å². The van der Waals surface area contributed by atoms with Gasteiger partial charge < -0.3 is 10.2 Å². The van der Waals surface area contributed by atoms with Gasteiger partial charge in [-0.05, 0) is 18.2 Å². The van der Waals surface area contributed by atoms with E-state index in [1.54, 1.807) is 24.3 Å². The van der Waals surface area contributed by atoms with Crippen LogP contribution in [0.15, 0.2) is 42.5 Å². The van der Waals surface area contributed by atoms with Crippen LogP contribution in [0.4, 0.5) is 0 Å². The molecule has 0 aromatic heterocycles. The molecular formula is C12H9Cl3O2. The molecule has 2 aromatic rings. The van der Waals surface area contributed by atoms with Gasteiger partial charge >= 0.3 is 0 Å². The second-order valence-corrected chi connectivity index (χ2v) is 4.28. The number of para-hydroxylation sites is 1. The van der Waals surface area contributed by atoms with Crippen LogP contribution in [-0.2, 0) is 0 Å². The Hall–Kier alpha value is -1.09. The summed E-state index contributed by atoms with van der Waals surface area (Å²) in [6.45, 7) is 0. The van der Waals surface area contributed by atoms with E-state index in [2.05, 4.69) is 0 Å². The predicted octanol–water partition coefficient (Wildman–Crippen LogP) is 4.74. The van der Waals surface area contributed by atoms with Crippen LogP contribution in [0.2, 0.25) is 15.1 Å². The highest BCUT2D eigenvalue weighted by atomic mass is 35.5. The van der Waals surface area contributed by atoms with Gasteiger partial charge in [0.05, 0.1) is 5.02 Å². The predicted molar refractivity (Wildman–Crippen MR) is 71.2 cm³/mol. The first kappa shape index (κ1) is 14.0. The molecule has 0 spiro atoms. The average Bonchev–Trinajstić information content (AvgIpc) is 2.27. The largest absolute Gasteiger partial charge is 0.508 e. The van der Waals surface area contributed by atoms with Gasteiger partial charge in [0, 0.05) is 11.1 Å². The molecule has 0 bridgehead atoms. The maximum absolute atomic E-state index is 8.98. The Balaban J connectivity index is 0.000000181. The van der Waals surface area contributed by atoms with E-state index in [4.69, 9.17) is 45.0 Å². The third-order valence-corrected chi connectivity index (χ3v) is 2.74. The van der Waals surface area contributed by atoms with Gasteiger partial charge in [0.25, 0.3) is 0 Å². The topological polar surface area (TPSA) is 40.5 Å². The molecule has 2 N–H and O–H groups in total. The number of hydrogen-bond acceptors (Lipinski definition) is 2. The molecule has 0 saturated heterocycles. The van der Waals surface area contributed by atoms with Crippen molar-refractivity contribution in [1.29, 1.82) is 0 Å². The molecule has 2 rings (SSSR count). The van der Waals surface area contributed by atoms with E-state index in [9.17, 15) is 0 Å². The van der Waals surface area contributed by atoms with Gasteiger partial charge in [0.15, 0.2) is 0 Å². The highest BCUT2D eigenvalue weighted by molar-refractivity contribution is 6.44. The summed E-state index contributed by atoms with van der Waals surface area (Å²) in [5.41, 5.74) is 0. The van der Waals surface area contributed by atoms with E-state index in [1.165, 1.54) is 12.1 Å². The number of aromatic hydroxyl groups is 2. The summed E-state index contributed by atoms with van der Waals surface area (Å²) in [6, 6.07) is 11.5. The maximum Gasteiger partial charge on any atom is 0.137 e. The molecule has 0 amide bonds. The fourth-order valence-electron chi connectivity index (χ4n) is 0.970. The Kier molecular flexibility index (Phi) is 5.42. The molecule has 0 atom stereocenters. The summed E-state index contributed by atoms with van der Waals surface area (Å²) in [7, 11) is 0. The van der Waals surface area contributed by atoms with Crippen LogP contribution in [-0.4, -0.2) is 10.2 Å². The third-order valence-electron chi connectivity index (χ3n) is 1.73. The minimum atomic E-state index is -0.0980. The van der Waals surface area contributed by atoms with E-state index in [-0.39, 0.29) is 15.8 Å². The molecule has 0 fully saturated rings. The Labute approximate surface area is 114 Å². The monoisotopic (exact) mass is 290 g/mol.